The molecule has 0 atom stereocenters. The number of ether oxygens (including phenoxy) is 4. The van der Waals surface area contributed by atoms with Gasteiger partial charge in [0.15, 0.2) is 0 Å². The monoisotopic (exact) mass is 399 g/mol. The second-order valence-corrected chi connectivity index (χ2v) is 7.41. The molecular formula is C23H29NO5. The lowest BCUT2D eigenvalue weighted by molar-refractivity contribution is 0.174. The number of para-hydroxylation sites is 1. The van der Waals surface area contributed by atoms with Crippen molar-refractivity contribution in [3.05, 3.63) is 60.2 Å². The van der Waals surface area contributed by atoms with Crippen LogP contribution in [0.3, 0.4) is 0 Å². The van der Waals surface area contributed by atoms with E-state index in [1.54, 1.807) is 26.4 Å². The van der Waals surface area contributed by atoms with E-state index < -0.39 is 6.09 Å². The van der Waals surface area contributed by atoms with Crippen molar-refractivity contribution >= 4 is 11.8 Å². The SMILES string of the molecule is C=CCOC(=O)Nc1cc(OC)c(COc2ccccc2C(C)(C)C)c(OC)c1. The maximum absolute atomic E-state index is 11.8. The molecule has 0 radical (unpaired) electrons. The van der Waals surface area contributed by atoms with E-state index in [4.69, 9.17) is 18.9 Å². The minimum Gasteiger partial charge on any atom is -0.496 e. The molecule has 29 heavy (non-hydrogen) atoms. The summed E-state index contributed by atoms with van der Waals surface area (Å²) >= 11 is 0. The van der Waals surface area contributed by atoms with Crippen molar-refractivity contribution in [1.29, 1.82) is 0 Å². The van der Waals surface area contributed by atoms with Gasteiger partial charge in [-0.1, -0.05) is 51.6 Å². The minimum absolute atomic E-state index is 0.0512. The van der Waals surface area contributed by atoms with Crippen molar-refractivity contribution in [2.24, 2.45) is 0 Å². The average Bonchev–Trinajstić information content (AvgIpc) is 2.70. The minimum atomic E-state index is -0.586. The van der Waals surface area contributed by atoms with E-state index in [-0.39, 0.29) is 18.6 Å². The zero-order valence-electron chi connectivity index (χ0n) is 17.7. The average molecular weight is 399 g/mol. The van der Waals surface area contributed by atoms with Crippen molar-refractivity contribution in [1.82, 2.24) is 0 Å². The van der Waals surface area contributed by atoms with Gasteiger partial charge in [-0.2, -0.15) is 0 Å². The molecule has 2 rings (SSSR count). The smallest absolute Gasteiger partial charge is 0.411 e. The van der Waals surface area contributed by atoms with Crippen LogP contribution in [0.5, 0.6) is 17.2 Å². The zero-order valence-corrected chi connectivity index (χ0v) is 17.7. The van der Waals surface area contributed by atoms with Gasteiger partial charge in [-0.05, 0) is 17.0 Å². The zero-order chi connectivity index (χ0) is 21.4. The lowest BCUT2D eigenvalue weighted by atomic mass is 9.86. The molecule has 156 valence electrons. The summed E-state index contributed by atoms with van der Waals surface area (Å²) in [6, 6.07) is 11.4. The summed E-state index contributed by atoms with van der Waals surface area (Å²) in [6.45, 7) is 10.3. The highest BCUT2D eigenvalue weighted by molar-refractivity contribution is 5.85. The molecule has 0 bridgehead atoms. The Bertz CT molecular complexity index is 830. The third-order valence-electron chi connectivity index (χ3n) is 4.25. The summed E-state index contributed by atoms with van der Waals surface area (Å²) < 4.78 is 22.1. The largest absolute Gasteiger partial charge is 0.496 e. The number of carbonyl (C=O) groups excluding carboxylic acids is 1. The van der Waals surface area contributed by atoms with Crippen molar-refractivity contribution in [2.45, 2.75) is 32.8 Å². The van der Waals surface area contributed by atoms with Crippen molar-refractivity contribution in [2.75, 3.05) is 26.1 Å². The van der Waals surface area contributed by atoms with E-state index in [1.807, 2.05) is 18.2 Å². The van der Waals surface area contributed by atoms with Gasteiger partial charge in [0, 0.05) is 12.1 Å². The molecule has 0 aliphatic rings. The first-order chi connectivity index (χ1) is 13.8. The van der Waals surface area contributed by atoms with Gasteiger partial charge in [0.25, 0.3) is 0 Å². The second-order valence-electron chi connectivity index (χ2n) is 7.41. The Morgan fingerprint density at radius 3 is 2.24 bits per heavy atom. The first kappa shape index (κ1) is 22.1. The van der Waals surface area contributed by atoms with Gasteiger partial charge in [-0.15, -0.1) is 0 Å². The molecule has 0 saturated heterocycles. The molecule has 0 aromatic heterocycles. The number of rotatable bonds is 8. The fourth-order valence-electron chi connectivity index (χ4n) is 2.85. The van der Waals surface area contributed by atoms with E-state index in [0.29, 0.717) is 17.2 Å². The van der Waals surface area contributed by atoms with Crippen molar-refractivity contribution < 1.29 is 23.7 Å². The van der Waals surface area contributed by atoms with Crippen LogP contribution in [-0.2, 0) is 16.8 Å². The van der Waals surface area contributed by atoms with Crippen LogP contribution < -0.4 is 19.5 Å². The number of methoxy groups -OCH3 is 2. The van der Waals surface area contributed by atoms with E-state index in [0.717, 1.165) is 16.9 Å². The molecule has 0 aliphatic carbocycles. The number of anilines is 1. The lowest BCUT2D eigenvalue weighted by Gasteiger charge is -2.23. The molecule has 0 aliphatic heterocycles. The maximum Gasteiger partial charge on any atom is 0.411 e. The third-order valence-corrected chi connectivity index (χ3v) is 4.25. The molecule has 6 heteroatoms. The van der Waals surface area contributed by atoms with Crippen LogP contribution in [0.4, 0.5) is 10.5 Å². The Kier molecular flexibility index (Phi) is 7.53. The van der Waals surface area contributed by atoms with Gasteiger partial charge in [0.1, 0.15) is 30.5 Å². The fraction of sp³-hybridized carbons (Fsp3) is 0.348. The molecule has 0 spiro atoms. The number of hydrogen-bond acceptors (Lipinski definition) is 5. The summed E-state index contributed by atoms with van der Waals surface area (Å²) in [5, 5.41) is 2.65. The Morgan fingerprint density at radius 1 is 1.07 bits per heavy atom. The molecule has 6 nitrogen and oxygen atoms in total. The van der Waals surface area contributed by atoms with Gasteiger partial charge in [-0.3, -0.25) is 5.32 Å². The third kappa shape index (κ3) is 5.91. The summed E-state index contributed by atoms with van der Waals surface area (Å²) in [4.78, 5) is 11.8. The van der Waals surface area contributed by atoms with Crippen LogP contribution in [0.15, 0.2) is 49.1 Å². The van der Waals surface area contributed by atoms with Crippen LogP contribution in [-0.4, -0.2) is 26.9 Å². The molecule has 0 saturated carbocycles. The van der Waals surface area contributed by atoms with Crippen LogP contribution in [0.1, 0.15) is 31.9 Å². The number of carbonyl (C=O) groups is 1. The number of hydrogen-bond donors (Lipinski definition) is 1. The first-order valence-electron chi connectivity index (χ1n) is 9.32. The quantitative estimate of drug-likeness (QED) is 0.609. The Morgan fingerprint density at radius 2 is 1.69 bits per heavy atom. The van der Waals surface area contributed by atoms with Crippen LogP contribution in [0.2, 0.25) is 0 Å². The van der Waals surface area contributed by atoms with Gasteiger partial charge in [0.2, 0.25) is 0 Å². The summed E-state index contributed by atoms with van der Waals surface area (Å²) in [6.07, 6.45) is 0.911. The lowest BCUT2D eigenvalue weighted by Crippen LogP contribution is -2.15. The Balaban J connectivity index is 2.27. The van der Waals surface area contributed by atoms with E-state index in [2.05, 4.69) is 38.7 Å². The van der Waals surface area contributed by atoms with Crippen LogP contribution >= 0.6 is 0 Å². The normalized spacial score (nSPS) is 10.8. The maximum atomic E-state index is 11.8. The second kappa shape index (κ2) is 9.87. The highest BCUT2D eigenvalue weighted by Crippen LogP contribution is 2.36. The van der Waals surface area contributed by atoms with Gasteiger partial charge >= 0.3 is 6.09 Å². The topological polar surface area (TPSA) is 66.0 Å². The van der Waals surface area contributed by atoms with Gasteiger partial charge in [0.05, 0.1) is 25.5 Å². The molecular weight excluding hydrogens is 370 g/mol. The van der Waals surface area contributed by atoms with E-state index >= 15 is 0 Å². The van der Waals surface area contributed by atoms with Crippen molar-refractivity contribution in [3.8, 4) is 17.2 Å². The predicted octanol–water partition coefficient (Wildman–Crippen LogP) is 5.31. The molecule has 1 N–H and O–H groups in total. The number of nitrogens with one attached hydrogen (secondary N) is 1. The van der Waals surface area contributed by atoms with E-state index in [9.17, 15) is 4.79 Å². The number of benzene rings is 2. The fourth-order valence-corrected chi connectivity index (χ4v) is 2.85. The molecule has 0 fully saturated rings. The molecule has 0 unspecified atom stereocenters. The number of amides is 1. The highest BCUT2D eigenvalue weighted by atomic mass is 16.5. The summed E-state index contributed by atoms with van der Waals surface area (Å²) in [7, 11) is 3.11. The standard InChI is InChI=1S/C23H29NO5/c1-7-12-28-22(25)24-16-13-20(26-5)17(21(14-16)27-6)15-29-19-11-9-8-10-18(19)23(2,3)4/h7-11,13-14H,1,12,15H2,2-6H3,(H,24,25). The predicted molar refractivity (Wildman–Crippen MR) is 114 cm³/mol. The van der Waals surface area contributed by atoms with Crippen LogP contribution in [0.25, 0.3) is 0 Å². The highest BCUT2D eigenvalue weighted by Gasteiger charge is 2.20. The van der Waals surface area contributed by atoms with Gasteiger partial charge < -0.3 is 18.9 Å². The summed E-state index contributed by atoms with van der Waals surface area (Å²) in [5.41, 5.74) is 2.29. The summed E-state index contributed by atoms with van der Waals surface area (Å²) in [5.74, 6) is 1.88. The molecule has 1 amide bonds. The Hall–Kier alpha value is -3.15. The molecule has 0 heterocycles. The van der Waals surface area contributed by atoms with Crippen LogP contribution in [0, 0.1) is 0 Å². The van der Waals surface area contributed by atoms with Crippen molar-refractivity contribution in [3.63, 3.8) is 0 Å². The van der Waals surface area contributed by atoms with Gasteiger partial charge in [-0.25, -0.2) is 4.79 Å². The first-order valence-corrected chi connectivity index (χ1v) is 9.32. The molecule has 2 aromatic carbocycles. The molecule has 2 aromatic rings. The Labute approximate surface area is 172 Å². The van der Waals surface area contributed by atoms with E-state index in [1.165, 1.54) is 6.08 Å².